The van der Waals surface area contributed by atoms with Crippen molar-refractivity contribution in [2.45, 2.75) is 11.8 Å². The first-order valence-corrected chi connectivity index (χ1v) is 8.84. The Morgan fingerprint density at radius 2 is 2.10 bits per heavy atom. The highest BCUT2D eigenvalue weighted by Crippen LogP contribution is 2.41. The van der Waals surface area contributed by atoms with Gasteiger partial charge in [-0.2, -0.15) is 0 Å². The minimum atomic E-state index is -3.53. The molecule has 1 heterocycles. The van der Waals surface area contributed by atoms with Crippen LogP contribution in [0.1, 0.15) is 16.6 Å². The normalized spacial score (nSPS) is 11.4. The van der Waals surface area contributed by atoms with E-state index in [9.17, 15) is 13.2 Å². The topological polar surface area (TPSA) is 102 Å². The molecule has 0 aliphatic heterocycles. The van der Waals surface area contributed by atoms with E-state index in [1.807, 2.05) is 0 Å². The fourth-order valence-corrected chi connectivity index (χ4v) is 4.49. The number of carbonyl (C=O) groups is 1. The van der Waals surface area contributed by atoms with Crippen LogP contribution in [0.2, 0.25) is 0 Å². The summed E-state index contributed by atoms with van der Waals surface area (Å²) in [6.45, 7) is 2.48. The number of sulfone groups is 1. The van der Waals surface area contributed by atoms with E-state index in [1.165, 1.54) is 7.05 Å². The van der Waals surface area contributed by atoms with E-state index in [-0.39, 0.29) is 21.2 Å². The van der Waals surface area contributed by atoms with E-state index in [0.717, 1.165) is 11.3 Å². The SMILES string of the molecule is CCS(=O)(=O)c1c(N(C)CCOC)sc(C(=O)NC)c1N. The first-order valence-electron chi connectivity index (χ1n) is 6.37. The summed E-state index contributed by atoms with van der Waals surface area (Å²) in [5.41, 5.74) is 5.94. The molecule has 21 heavy (non-hydrogen) atoms. The maximum absolute atomic E-state index is 12.3. The summed E-state index contributed by atoms with van der Waals surface area (Å²) >= 11 is 1.07. The summed E-state index contributed by atoms with van der Waals surface area (Å²) in [6, 6.07) is 0. The van der Waals surface area contributed by atoms with Gasteiger partial charge in [0.1, 0.15) is 14.8 Å². The Balaban J connectivity index is 3.44. The third kappa shape index (κ3) is 3.66. The molecule has 1 aromatic rings. The van der Waals surface area contributed by atoms with Crippen molar-refractivity contribution < 1.29 is 17.9 Å². The van der Waals surface area contributed by atoms with Crippen LogP contribution < -0.4 is 16.0 Å². The van der Waals surface area contributed by atoms with Crippen LogP contribution in [0.5, 0.6) is 0 Å². The molecule has 9 heteroatoms. The summed E-state index contributed by atoms with van der Waals surface area (Å²) < 4.78 is 29.6. The highest BCUT2D eigenvalue weighted by molar-refractivity contribution is 7.92. The van der Waals surface area contributed by atoms with Crippen molar-refractivity contribution in [3.8, 4) is 0 Å². The van der Waals surface area contributed by atoms with Crippen LogP contribution >= 0.6 is 11.3 Å². The van der Waals surface area contributed by atoms with Gasteiger partial charge in [0, 0.05) is 27.7 Å². The van der Waals surface area contributed by atoms with Crippen molar-refractivity contribution in [2.24, 2.45) is 0 Å². The van der Waals surface area contributed by atoms with Gasteiger partial charge in [-0.1, -0.05) is 6.92 Å². The van der Waals surface area contributed by atoms with Gasteiger partial charge < -0.3 is 20.7 Å². The molecule has 1 aromatic heterocycles. The average molecular weight is 335 g/mol. The number of thiophene rings is 1. The molecule has 0 radical (unpaired) electrons. The number of hydrogen-bond donors (Lipinski definition) is 2. The number of nitrogens with zero attached hydrogens (tertiary/aromatic N) is 1. The van der Waals surface area contributed by atoms with Crippen LogP contribution in [0.4, 0.5) is 10.7 Å². The second-order valence-corrected chi connectivity index (χ2v) is 7.59. The van der Waals surface area contributed by atoms with Crippen LogP contribution in [0, 0.1) is 0 Å². The molecule has 0 atom stereocenters. The zero-order chi connectivity index (χ0) is 16.2. The summed E-state index contributed by atoms with van der Waals surface area (Å²) in [6.07, 6.45) is 0. The number of methoxy groups -OCH3 is 1. The number of amides is 1. The summed E-state index contributed by atoms with van der Waals surface area (Å²) in [5.74, 6) is -0.469. The molecule has 0 aliphatic rings. The molecular weight excluding hydrogens is 314 g/mol. The monoisotopic (exact) mass is 335 g/mol. The Morgan fingerprint density at radius 1 is 1.48 bits per heavy atom. The predicted molar refractivity (Wildman–Crippen MR) is 85.0 cm³/mol. The van der Waals surface area contributed by atoms with Gasteiger partial charge in [-0.3, -0.25) is 4.79 Å². The maximum Gasteiger partial charge on any atom is 0.263 e. The Morgan fingerprint density at radius 3 is 2.57 bits per heavy atom. The fraction of sp³-hybridized carbons (Fsp3) is 0.583. The molecule has 0 fully saturated rings. The molecule has 0 saturated carbocycles. The van der Waals surface area contributed by atoms with Crippen LogP contribution in [-0.2, 0) is 14.6 Å². The predicted octanol–water partition coefficient (Wildman–Crippen LogP) is 0.566. The number of anilines is 2. The van der Waals surface area contributed by atoms with Crippen LogP contribution in [-0.4, -0.2) is 54.4 Å². The van der Waals surface area contributed by atoms with Gasteiger partial charge in [-0.05, 0) is 0 Å². The first kappa shape index (κ1) is 17.7. The van der Waals surface area contributed by atoms with Crippen molar-refractivity contribution >= 4 is 37.8 Å². The van der Waals surface area contributed by atoms with Crippen molar-refractivity contribution in [1.82, 2.24) is 5.32 Å². The van der Waals surface area contributed by atoms with Crippen LogP contribution in [0.15, 0.2) is 4.90 Å². The lowest BCUT2D eigenvalue weighted by Crippen LogP contribution is -2.23. The van der Waals surface area contributed by atoms with E-state index in [1.54, 1.807) is 26.0 Å². The third-order valence-corrected chi connectivity index (χ3v) is 6.23. The lowest BCUT2D eigenvalue weighted by atomic mass is 10.3. The molecule has 0 spiro atoms. The number of hydrogen-bond acceptors (Lipinski definition) is 7. The van der Waals surface area contributed by atoms with E-state index >= 15 is 0 Å². The third-order valence-electron chi connectivity index (χ3n) is 2.98. The molecule has 1 rings (SSSR count). The Bertz CT molecular complexity index is 610. The van der Waals surface area contributed by atoms with Crippen LogP contribution in [0.25, 0.3) is 0 Å². The molecule has 0 bridgehead atoms. The zero-order valence-corrected chi connectivity index (χ0v) is 14.2. The molecule has 120 valence electrons. The van der Waals surface area contributed by atoms with Crippen LogP contribution in [0.3, 0.4) is 0 Å². The Hall–Kier alpha value is -1.32. The lowest BCUT2D eigenvalue weighted by Gasteiger charge is -2.18. The maximum atomic E-state index is 12.3. The number of carbonyl (C=O) groups excluding carboxylic acids is 1. The van der Waals surface area contributed by atoms with E-state index in [0.29, 0.717) is 18.2 Å². The number of nitrogens with two attached hydrogens (primary N) is 1. The zero-order valence-electron chi connectivity index (χ0n) is 12.6. The van der Waals surface area contributed by atoms with Gasteiger partial charge in [0.05, 0.1) is 18.0 Å². The molecule has 0 aliphatic carbocycles. The second-order valence-electron chi connectivity index (χ2n) is 4.38. The first-order chi connectivity index (χ1) is 9.80. The molecule has 3 N–H and O–H groups in total. The molecule has 0 unspecified atom stereocenters. The smallest absolute Gasteiger partial charge is 0.263 e. The van der Waals surface area contributed by atoms with Gasteiger partial charge in [0.2, 0.25) is 0 Å². The number of nitrogen functional groups attached to an aromatic ring is 1. The minimum Gasteiger partial charge on any atom is -0.396 e. The number of nitrogens with one attached hydrogen (secondary N) is 1. The fourth-order valence-electron chi connectivity index (χ4n) is 1.72. The molecular formula is C12H21N3O4S2. The second kappa shape index (κ2) is 7.10. The highest BCUT2D eigenvalue weighted by Gasteiger charge is 2.29. The van der Waals surface area contributed by atoms with Gasteiger partial charge in [-0.15, -0.1) is 11.3 Å². The van der Waals surface area contributed by atoms with Gasteiger partial charge in [0.15, 0.2) is 9.84 Å². The standard InChI is InChI=1S/C12H21N3O4S2/c1-5-21(17,18)10-8(13)9(11(16)14-2)20-12(10)15(3)6-7-19-4/h5-7,13H2,1-4H3,(H,14,16). The molecule has 1 amide bonds. The van der Waals surface area contributed by atoms with Crippen molar-refractivity contribution in [1.29, 1.82) is 0 Å². The number of rotatable bonds is 7. The van der Waals surface area contributed by atoms with E-state index in [4.69, 9.17) is 10.5 Å². The van der Waals surface area contributed by atoms with E-state index < -0.39 is 15.7 Å². The summed E-state index contributed by atoms with van der Waals surface area (Å²) in [4.78, 5) is 13.8. The quantitative estimate of drug-likeness (QED) is 0.755. The number of likely N-dealkylation sites (N-methyl/N-ethyl adjacent to an activating group) is 1. The lowest BCUT2D eigenvalue weighted by molar-refractivity contribution is 0.0968. The molecule has 0 saturated heterocycles. The Kier molecular flexibility index (Phi) is 5.99. The molecule has 7 nitrogen and oxygen atoms in total. The number of ether oxygens (including phenoxy) is 1. The van der Waals surface area contributed by atoms with Gasteiger partial charge >= 0.3 is 0 Å². The van der Waals surface area contributed by atoms with E-state index in [2.05, 4.69) is 5.32 Å². The summed E-state index contributed by atoms with van der Waals surface area (Å²) in [7, 11) is 1.26. The van der Waals surface area contributed by atoms with Crippen molar-refractivity contribution in [3.05, 3.63) is 4.88 Å². The van der Waals surface area contributed by atoms with Gasteiger partial charge in [0.25, 0.3) is 5.91 Å². The minimum absolute atomic E-state index is 0.0143. The summed E-state index contributed by atoms with van der Waals surface area (Å²) in [5, 5.41) is 2.93. The van der Waals surface area contributed by atoms with Crippen molar-refractivity contribution in [2.75, 3.05) is 50.7 Å². The van der Waals surface area contributed by atoms with Crippen molar-refractivity contribution in [3.63, 3.8) is 0 Å². The highest BCUT2D eigenvalue weighted by atomic mass is 32.2. The Labute approximate surface area is 129 Å². The molecule has 0 aromatic carbocycles. The largest absolute Gasteiger partial charge is 0.396 e. The van der Waals surface area contributed by atoms with Gasteiger partial charge in [-0.25, -0.2) is 8.42 Å². The average Bonchev–Trinajstić information content (AvgIpc) is 2.82.